The van der Waals surface area contributed by atoms with Gasteiger partial charge in [0.2, 0.25) is 0 Å². The Kier molecular flexibility index (Phi) is 6.93. The van der Waals surface area contributed by atoms with Gasteiger partial charge in [0, 0.05) is 25.2 Å². The summed E-state index contributed by atoms with van der Waals surface area (Å²) in [6.07, 6.45) is 0. The SMILES string of the molecule is CCOC(=O)c1c(NC(=O)c2cc(Cl)ccc2[N+](=O)[O-])sc(C(=O)N(C)C)c1C. The van der Waals surface area contributed by atoms with Crippen LogP contribution >= 0.6 is 22.9 Å². The number of carbonyl (C=O) groups excluding carboxylic acids is 3. The molecule has 9 nitrogen and oxygen atoms in total. The Bertz CT molecular complexity index is 1000. The molecule has 29 heavy (non-hydrogen) atoms. The molecule has 0 saturated carbocycles. The summed E-state index contributed by atoms with van der Waals surface area (Å²) in [5, 5.41) is 13.9. The average Bonchev–Trinajstić information content (AvgIpc) is 2.96. The summed E-state index contributed by atoms with van der Waals surface area (Å²) in [6.45, 7) is 3.29. The summed E-state index contributed by atoms with van der Waals surface area (Å²) < 4.78 is 5.03. The van der Waals surface area contributed by atoms with Crippen LogP contribution < -0.4 is 5.32 Å². The lowest BCUT2D eigenvalue weighted by atomic mass is 10.1. The van der Waals surface area contributed by atoms with Gasteiger partial charge in [-0.3, -0.25) is 19.7 Å². The lowest BCUT2D eigenvalue weighted by Gasteiger charge is -2.09. The quantitative estimate of drug-likeness (QED) is 0.416. The Balaban J connectivity index is 2.54. The molecule has 0 unspecified atom stereocenters. The van der Waals surface area contributed by atoms with Crippen LogP contribution in [0, 0.1) is 17.0 Å². The van der Waals surface area contributed by atoms with E-state index in [1.54, 1.807) is 27.9 Å². The van der Waals surface area contributed by atoms with Crippen molar-refractivity contribution in [3.05, 3.63) is 54.9 Å². The number of hydrogen-bond donors (Lipinski definition) is 1. The first kappa shape index (κ1) is 22.3. The number of nitro benzene ring substituents is 1. The molecule has 2 rings (SSSR count). The van der Waals surface area contributed by atoms with Crippen molar-refractivity contribution in [3.8, 4) is 0 Å². The molecule has 1 aromatic carbocycles. The van der Waals surface area contributed by atoms with Crippen molar-refractivity contribution in [2.24, 2.45) is 0 Å². The first-order valence-electron chi connectivity index (χ1n) is 8.35. The lowest BCUT2D eigenvalue weighted by molar-refractivity contribution is -0.385. The van der Waals surface area contributed by atoms with Crippen molar-refractivity contribution in [2.45, 2.75) is 13.8 Å². The van der Waals surface area contributed by atoms with Gasteiger partial charge in [-0.15, -0.1) is 11.3 Å². The predicted molar refractivity (Wildman–Crippen MR) is 109 cm³/mol. The van der Waals surface area contributed by atoms with Crippen LogP contribution in [-0.4, -0.2) is 48.3 Å². The van der Waals surface area contributed by atoms with E-state index in [0.29, 0.717) is 5.56 Å². The highest BCUT2D eigenvalue weighted by molar-refractivity contribution is 7.18. The van der Waals surface area contributed by atoms with Gasteiger partial charge in [0.25, 0.3) is 17.5 Å². The van der Waals surface area contributed by atoms with Crippen molar-refractivity contribution >= 4 is 51.4 Å². The fourth-order valence-corrected chi connectivity index (χ4v) is 3.86. The summed E-state index contributed by atoms with van der Waals surface area (Å²) in [5.41, 5.74) is -0.338. The smallest absolute Gasteiger partial charge is 0.341 e. The molecule has 0 aliphatic heterocycles. The molecular weight excluding hydrogens is 422 g/mol. The van der Waals surface area contributed by atoms with Gasteiger partial charge in [0.15, 0.2) is 0 Å². The minimum absolute atomic E-state index is 0.0279. The van der Waals surface area contributed by atoms with Gasteiger partial charge < -0.3 is 15.0 Å². The third-order valence-corrected chi connectivity index (χ3v) is 5.28. The van der Waals surface area contributed by atoms with E-state index in [0.717, 1.165) is 23.5 Å². The Hall–Kier alpha value is -2.98. The second-order valence-electron chi connectivity index (χ2n) is 6.05. The second kappa shape index (κ2) is 9.01. The number of nitrogens with zero attached hydrogens (tertiary/aromatic N) is 2. The number of thiophene rings is 1. The van der Waals surface area contributed by atoms with Crippen molar-refractivity contribution in [3.63, 3.8) is 0 Å². The molecule has 1 heterocycles. The summed E-state index contributed by atoms with van der Waals surface area (Å²) >= 11 is 6.76. The van der Waals surface area contributed by atoms with Gasteiger partial charge in [-0.2, -0.15) is 0 Å². The number of nitro groups is 1. The molecule has 0 aliphatic carbocycles. The zero-order chi connectivity index (χ0) is 21.9. The number of carbonyl (C=O) groups is 3. The highest BCUT2D eigenvalue weighted by Crippen LogP contribution is 2.35. The van der Waals surface area contributed by atoms with E-state index in [9.17, 15) is 24.5 Å². The van der Waals surface area contributed by atoms with E-state index in [2.05, 4.69) is 5.32 Å². The van der Waals surface area contributed by atoms with E-state index in [4.69, 9.17) is 16.3 Å². The highest BCUT2D eigenvalue weighted by atomic mass is 35.5. The maximum Gasteiger partial charge on any atom is 0.341 e. The van der Waals surface area contributed by atoms with E-state index in [1.165, 1.54) is 11.0 Å². The van der Waals surface area contributed by atoms with E-state index < -0.39 is 22.5 Å². The predicted octanol–water partition coefficient (Wildman–Crippen LogP) is 3.75. The number of anilines is 1. The van der Waals surface area contributed by atoms with Crippen molar-refractivity contribution < 1.29 is 24.0 Å². The van der Waals surface area contributed by atoms with Gasteiger partial charge in [-0.05, 0) is 31.5 Å². The van der Waals surface area contributed by atoms with Crippen LogP contribution in [-0.2, 0) is 4.74 Å². The first-order valence-corrected chi connectivity index (χ1v) is 9.55. The lowest BCUT2D eigenvalue weighted by Crippen LogP contribution is -2.21. The molecule has 0 fully saturated rings. The molecule has 154 valence electrons. The van der Waals surface area contributed by atoms with E-state index in [-0.39, 0.29) is 38.5 Å². The number of esters is 1. The van der Waals surface area contributed by atoms with Crippen molar-refractivity contribution in [1.29, 1.82) is 0 Å². The number of amides is 2. The van der Waals surface area contributed by atoms with Crippen molar-refractivity contribution in [2.75, 3.05) is 26.0 Å². The summed E-state index contributed by atoms with van der Waals surface area (Å²) in [7, 11) is 3.11. The van der Waals surface area contributed by atoms with Gasteiger partial charge in [0.05, 0.1) is 22.0 Å². The van der Waals surface area contributed by atoms with Gasteiger partial charge in [-0.1, -0.05) is 11.6 Å². The number of benzene rings is 1. The molecule has 0 saturated heterocycles. The number of nitrogens with one attached hydrogen (secondary N) is 1. The summed E-state index contributed by atoms with van der Waals surface area (Å²) in [6, 6.07) is 3.57. The van der Waals surface area contributed by atoms with Gasteiger partial charge in [-0.25, -0.2) is 4.79 Å². The maximum atomic E-state index is 12.7. The summed E-state index contributed by atoms with van der Waals surface area (Å²) in [5.74, 6) is -1.91. The van der Waals surface area contributed by atoms with Crippen LogP contribution in [0.5, 0.6) is 0 Å². The fraction of sp³-hybridized carbons (Fsp3) is 0.278. The maximum absolute atomic E-state index is 12.7. The monoisotopic (exact) mass is 439 g/mol. The van der Waals surface area contributed by atoms with Crippen molar-refractivity contribution in [1.82, 2.24) is 4.90 Å². The van der Waals surface area contributed by atoms with E-state index >= 15 is 0 Å². The second-order valence-corrected chi connectivity index (χ2v) is 7.51. The number of ether oxygens (including phenoxy) is 1. The van der Waals surface area contributed by atoms with Gasteiger partial charge >= 0.3 is 5.97 Å². The van der Waals surface area contributed by atoms with Crippen LogP contribution in [0.25, 0.3) is 0 Å². The van der Waals surface area contributed by atoms with Crippen LogP contribution in [0.3, 0.4) is 0 Å². The first-order chi connectivity index (χ1) is 13.6. The van der Waals surface area contributed by atoms with Crippen LogP contribution in [0.15, 0.2) is 18.2 Å². The molecule has 2 amide bonds. The molecule has 0 atom stereocenters. The third-order valence-electron chi connectivity index (χ3n) is 3.85. The summed E-state index contributed by atoms with van der Waals surface area (Å²) in [4.78, 5) is 49.7. The molecule has 1 aromatic heterocycles. The zero-order valence-corrected chi connectivity index (χ0v) is 17.6. The Morgan fingerprint density at radius 2 is 1.97 bits per heavy atom. The number of rotatable bonds is 6. The Morgan fingerprint density at radius 1 is 1.31 bits per heavy atom. The van der Waals surface area contributed by atoms with Gasteiger partial charge in [0.1, 0.15) is 10.6 Å². The zero-order valence-electron chi connectivity index (χ0n) is 16.1. The van der Waals surface area contributed by atoms with Crippen LogP contribution in [0.2, 0.25) is 5.02 Å². The molecule has 0 aliphatic rings. The molecule has 0 bridgehead atoms. The largest absolute Gasteiger partial charge is 0.462 e. The fourth-order valence-electron chi connectivity index (χ4n) is 2.48. The average molecular weight is 440 g/mol. The number of halogens is 1. The topological polar surface area (TPSA) is 119 Å². The molecule has 0 spiro atoms. The molecule has 11 heteroatoms. The minimum Gasteiger partial charge on any atom is -0.462 e. The molecule has 0 radical (unpaired) electrons. The van der Waals surface area contributed by atoms with Crippen LogP contribution in [0.4, 0.5) is 10.7 Å². The standard InChI is InChI=1S/C18H18ClN3O6S/c1-5-28-18(25)13-9(2)14(17(24)21(3)4)29-16(13)20-15(23)11-8-10(19)6-7-12(11)22(26)27/h6-8H,5H2,1-4H3,(H,20,23). The Morgan fingerprint density at radius 3 is 2.52 bits per heavy atom. The molecule has 1 N–H and O–H groups in total. The molecular formula is C18H18ClN3O6S. The third kappa shape index (κ3) is 4.72. The normalized spacial score (nSPS) is 10.4. The highest BCUT2D eigenvalue weighted by Gasteiger charge is 2.29. The minimum atomic E-state index is -0.838. The van der Waals surface area contributed by atoms with E-state index in [1.807, 2.05) is 0 Å². The number of hydrogen-bond acceptors (Lipinski definition) is 7. The molecule has 2 aromatic rings. The van der Waals surface area contributed by atoms with Crippen LogP contribution in [0.1, 0.15) is 42.9 Å². The Labute approximate surface area is 175 Å².